The molecule has 1 atom stereocenters. The van der Waals surface area contributed by atoms with Crippen molar-refractivity contribution < 1.29 is 0 Å². The lowest BCUT2D eigenvalue weighted by Gasteiger charge is -2.10. The molecule has 0 aliphatic carbocycles. The van der Waals surface area contributed by atoms with Crippen molar-refractivity contribution in [2.24, 2.45) is 7.05 Å². The summed E-state index contributed by atoms with van der Waals surface area (Å²) in [5, 5.41) is 7.42. The van der Waals surface area contributed by atoms with E-state index in [-0.39, 0.29) is 0 Å². The van der Waals surface area contributed by atoms with Gasteiger partial charge in [-0.3, -0.25) is 4.68 Å². The summed E-state index contributed by atoms with van der Waals surface area (Å²) in [4.78, 5) is 0. The van der Waals surface area contributed by atoms with Gasteiger partial charge >= 0.3 is 0 Å². The Morgan fingerprint density at radius 3 is 2.71 bits per heavy atom. The molecule has 0 amide bonds. The second-order valence-electron chi connectivity index (χ2n) is 3.71. The van der Waals surface area contributed by atoms with Crippen LogP contribution in [0.3, 0.4) is 0 Å². The highest BCUT2D eigenvalue weighted by Crippen LogP contribution is 2.12. The average Bonchev–Trinajstić information content (AvgIpc) is 2.48. The normalized spacial score (nSPS) is 14.5. The molecule has 0 fully saturated rings. The molecule has 0 spiro atoms. The van der Waals surface area contributed by atoms with Crippen molar-refractivity contribution >= 4 is 6.08 Å². The molecule has 0 aliphatic rings. The van der Waals surface area contributed by atoms with Crippen molar-refractivity contribution in [2.75, 3.05) is 7.05 Å². The van der Waals surface area contributed by atoms with Crippen LogP contribution in [0.4, 0.5) is 0 Å². The molecule has 14 heavy (non-hydrogen) atoms. The van der Waals surface area contributed by atoms with E-state index in [1.807, 2.05) is 25.0 Å². The number of aromatic nitrogens is 2. The fourth-order valence-corrected chi connectivity index (χ4v) is 1.26. The summed E-state index contributed by atoms with van der Waals surface area (Å²) in [5.74, 6) is 0. The number of hydrogen-bond acceptors (Lipinski definition) is 2. The van der Waals surface area contributed by atoms with Gasteiger partial charge in [0, 0.05) is 24.3 Å². The Labute approximate surface area is 85.8 Å². The van der Waals surface area contributed by atoms with Gasteiger partial charge in [-0.05, 0) is 27.8 Å². The Morgan fingerprint density at radius 1 is 1.64 bits per heavy atom. The molecule has 0 aromatic carbocycles. The van der Waals surface area contributed by atoms with Gasteiger partial charge in [-0.1, -0.05) is 11.6 Å². The fourth-order valence-electron chi connectivity index (χ4n) is 1.26. The summed E-state index contributed by atoms with van der Waals surface area (Å²) in [6, 6.07) is 0.412. The maximum Gasteiger partial charge on any atom is 0.0564 e. The van der Waals surface area contributed by atoms with Gasteiger partial charge in [0.05, 0.1) is 6.20 Å². The molecule has 1 rings (SSSR count). The van der Waals surface area contributed by atoms with Crippen LogP contribution >= 0.6 is 0 Å². The number of likely N-dealkylation sites (N-methyl/N-ethyl adjacent to an activating group) is 1. The van der Waals surface area contributed by atoms with E-state index in [1.54, 1.807) is 0 Å². The Balaban J connectivity index is 2.91. The van der Waals surface area contributed by atoms with Gasteiger partial charge in [-0.25, -0.2) is 0 Å². The average molecular weight is 193 g/mol. The molecule has 0 saturated heterocycles. The van der Waals surface area contributed by atoms with Gasteiger partial charge in [0.2, 0.25) is 0 Å². The van der Waals surface area contributed by atoms with Crippen LogP contribution in [0.15, 0.2) is 11.8 Å². The van der Waals surface area contributed by atoms with Crippen LogP contribution in [0.1, 0.15) is 25.1 Å². The predicted molar refractivity (Wildman–Crippen MR) is 60.1 cm³/mol. The second kappa shape index (κ2) is 4.42. The number of rotatable bonds is 3. The predicted octanol–water partition coefficient (Wildman–Crippen LogP) is 1.74. The maximum absolute atomic E-state index is 4.21. The van der Waals surface area contributed by atoms with Crippen molar-refractivity contribution in [3.63, 3.8) is 0 Å². The molecule has 3 heteroatoms. The Hall–Kier alpha value is -1.09. The van der Waals surface area contributed by atoms with Crippen molar-refractivity contribution in [1.29, 1.82) is 0 Å². The van der Waals surface area contributed by atoms with Gasteiger partial charge in [0.15, 0.2) is 0 Å². The topological polar surface area (TPSA) is 29.9 Å². The van der Waals surface area contributed by atoms with Gasteiger partial charge in [-0.2, -0.15) is 5.10 Å². The van der Waals surface area contributed by atoms with E-state index in [0.29, 0.717) is 6.04 Å². The molecule has 1 unspecified atom stereocenters. The highest BCUT2D eigenvalue weighted by molar-refractivity contribution is 5.54. The number of nitrogens with zero attached hydrogens (tertiary/aromatic N) is 2. The molecule has 0 bridgehead atoms. The summed E-state index contributed by atoms with van der Waals surface area (Å²) in [6.45, 7) is 6.36. The van der Waals surface area contributed by atoms with Gasteiger partial charge in [0.25, 0.3) is 0 Å². The smallest absolute Gasteiger partial charge is 0.0564 e. The molecule has 78 valence electrons. The van der Waals surface area contributed by atoms with Gasteiger partial charge in [-0.15, -0.1) is 0 Å². The van der Waals surface area contributed by atoms with Crippen LogP contribution in [0, 0.1) is 6.92 Å². The molecule has 3 nitrogen and oxygen atoms in total. The molecular formula is C11H19N3. The molecule has 0 saturated carbocycles. The zero-order chi connectivity index (χ0) is 10.7. The third kappa shape index (κ3) is 2.23. The first-order chi connectivity index (χ1) is 6.56. The van der Waals surface area contributed by atoms with Crippen molar-refractivity contribution in [1.82, 2.24) is 15.1 Å². The summed E-state index contributed by atoms with van der Waals surface area (Å²) >= 11 is 0. The largest absolute Gasteiger partial charge is 0.314 e. The minimum Gasteiger partial charge on any atom is -0.314 e. The van der Waals surface area contributed by atoms with Crippen LogP contribution in [0.5, 0.6) is 0 Å². The van der Waals surface area contributed by atoms with E-state index in [1.165, 1.54) is 16.8 Å². The number of aryl methyl sites for hydroxylation is 1. The highest BCUT2D eigenvalue weighted by Gasteiger charge is 2.04. The molecule has 1 heterocycles. The van der Waals surface area contributed by atoms with Crippen molar-refractivity contribution in [2.45, 2.75) is 26.8 Å². The highest BCUT2D eigenvalue weighted by atomic mass is 15.3. The second-order valence-corrected chi connectivity index (χ2v) is 3.71. The first kappa shape index (κ1) is 11.0. The Kier molecular flexibility index (Phi) is 3.47. The number of nitrogens with one attached hydrogen (secondary N) is 1. The third-order valence-corrected chi connectivity index (χ3v) is 2.77. The summed E-state index contributed by atoms with van der Waals surface area (Å²) in [6.07, 6.45) is 4.09. The van der Waals surface area contributed by atoms with Crippen LogP contribution < -0.4 is 5.32 Å². The zero-order valence-electron chi connectivity index (χ0n) is 9.63. The van der Waals surface area contributed by atoms with Crippen LogP contribution in [0.2, 0.25) is 0 Å². The summed E-state index contributed by atoms with van der Waals surface area (Å²) in [5.41, 5.74) is 3.73. The van der Waals surface area contributed by atoms with Crippen molar-refractivity contribution in [3.8, 4) is 0 Å². The lowest BCUT2D eigenvalue weighted by Crippen LogP contribution is -2.21. The lowest BCUT2D eigenvalue weighted by atomic mass is 10.1. The Morgan fingerprint density at radius 2 is 2.29 bits per heavy atom. The van der Waals surface area contributed by atoms with Crippen LogP contribution in [0.25, 0.3) is 6.08 Å². The van der Waals surface area contributed by atoms with E-state index < -0.39 is 0 Å². The maximum atomic E-state index is 4.21. The summed E-state index contributed by atoms with van der Waals surface area (Å²) < 4.78 is 1.89. The van der Waals surface area contributed by atoms with Gasteiger partial charge < -0.3 is 5.32 Å². The Bertz CT molecular complexity index is 336. The summed E-state index contributed by atoms with van der Waals surface area (Å²) in [7, 11) is 3.93. The van der Waals surface area contributed by atoms with Crippen molar-refractivity contribution in [3.05, 3.63) is 23.0 Å². The monoisotopic (exact) mass is 193 g/mol. The van der Waals surface area contributed by atoms with E-state index >= 15 is 0 Å². The molecule has 1 aromatic rings. The first-order valence-corrected chi connectivity index (χ1v) is 4.90. The van der Waals surface area contributed by atoms with Gasteiger partial charge in [0.1, 0.15) is 0 Å². The molecule has 1 aromatic heterocycles. The molecule has 0 aliphatic heterocycles. The molecule has 1 N–H and O–H groups in total. The quantitative estimate of drug-likeness (QED) is 0.792. The van der Waals surface area contributed by atoms with E-state index in [9.17, 15) is 0 Å². The molecular weight excluding hydrogens is 174 g/mol. The fraction of sp³-hybridized carbons (Fsp3) is 0.545. The molecule has 0 radical (unpaired) electrons. The van der Waals surface area contributed by atoms with E-state index in [4.69, 9.17) is 0 Å². The SMILES string of the molecule is CNC(C)C(C)=Cc1cnn(C)c1C. The van der Waals surface area contributed by atoms with E-state index in [2.05, 4.69) is 37.3 Å². The standard InChI is InChI=1S/C11H19N3/c1-8(9(2)12-4)6-11-7-13-14(5)10(11)3/h6-7,9,12H,1-5H3. The van der Waals surface area contributed by atoms with Crippen LogP contribution in [-0.2, 0) is 7.05 Å². The third-order valence-electron chi connectivity index (χ3n) is 2.77. The number of hydrogen-bond donors (Lipinski definition) is 1. The minimum absolute atomic E-state index is 0.412. The van der Waals surface area contributed by atoms with E-state index in [0.717, 1.165) is 0 Å². The zero-order valence-corrected chi connectivity index (χ0v) is 9.63. The minimum atomic E-state index is 0.412. The van der Waals surface area contributed by atoms with Crippen LogP contribution in [-0.4, -0.2) is 22.9 Å². The lowest BCUT2D eigenvalue weighted by molar-refractivity contribution is 0.696. The first-order valence-electron chi connectivity index (χ1n) is 4.90.